The lowest BCUT2D eigenvalue weighted by Crippen LogP contribution is -2.19. The molecule has 96 valence electrons. The molecular weight excluding hydrogens is 234 g/mol. The average molecular weight is 256 g/mol. The van der Waals surface area contributed by atoms with Crippen LogP contribution < -0.4 is 5.32 Å². The highest BCUT2D eigenvalue weighted by atomic mass is 35.5. The second-order valence-electron chi connectivity index (χ2n) is 4.24. The lowest BCUT2D eigenvalue weighted by atomic mass is 10.0. The van der Waals surface area contributed by atoms with Crippen LogP contribution in [0.4, 0.5) is 0 Å². The fourth-order valence-electron chi connectivity index (χ4n) is 1.72. The van der Waals surface area contributed by atoms with Gasteiger partial charge in [-0.15, -0.1) is 0 Å². The molecule has 0 spiro atoms. The van der Waals surface area contributed by atoms with Crippen LogP contribution in [0.15, 0.2) is 12.1 Å². The molecule has 0 saturated carbocycles. The van der Waals surface area contributed by atoms with Crippen molar-refractivity contribution in [3.05, 3.63) is 33.8 Å². The summed E-state index contributed by atoms with van der Waals surface area (Å²) >= 11 is 6.06. The van der Waals surface area contributed by atoms with E-state index in [0.717, 1.165) is 43.3 Å². The van der Waals surface area contributed by atoms with E-state index in [9.17, 15) is 0 Å². The maximum atomic E-state index is 6.06. The van der Waals surface area contributed by atoms with Gasteiger partial charge in [0.1, 0.15) is 0 Å². The van der Waals surface area contributed by atoms with E-state index in [4.69, 9.17) is 16.3 Å². The summed E-state index contributed by atoms with van der Waals surface area (Å²) in [6, 6.07) is 4.19. The van der Waals surface area contributed by atoms with Crippen molar-refractivity contribution in [1.82, 2.24) is 5.32 Å². The third-order valence-corrected chi connectivity index (χ3v) is 3.21. The van der Waals surface area contributed by atoms with Gasteiger partial charge in [-0.3, -0.25) is 0 Å². The topological polar surface area (TPSA) is 21.3 Å². The Bertz CT molecular complexity index is 352. The number of benzene rings is 1. The van der Waals surface area contributed by atoms with Crippen molar-refractivity contribution < 1.29 is 4.74 Å². The van der Waals surface area contributed by atoms with Crippen LogP contribution in [0.2, 0.25) is 5.02 Å². The minimum atomic E-state index is 0.771. The van der Waals surface area contributed by atoms with Crippen molar-refractivity contribution in [2.24, 2.45) is 0 Å². The van der Waals surface area contributed by atoms with Gasteiger partial charge in [0.05, 0.1) is 13.2 Å². The van der Waals surface area contributed by atoms with Gasteiger partial charge in [0.25, 0.3) is 0 Å². The molecule has 0 aromatic heterocycles. The number of hydrogen-bond acceptors (Lipinski definition) is 2. The number of ether oxygens (including phenoxy) is 1. The Hall–Kier alpha value is -0.570. The summed E-state index contributed by atoms with van der Waals surface area (Å²) in [5.41, 5.74) is 3.71. The van der Waals surface area contributed by atoms with Gasteiger partial charge in [-0.25, -0.2) is 0 Å². The first kappa shape index (κ1) is 14.5. The quantitative estimate of drug-likeness (QED) is 0.756. The largest absolute Gasteiger partial charge is 0.380 e. The molecule has 2 nitrogen and oxygen atoms in total. The van der Waals surface area contributed by atoms with Crippen molar-refractivity contribution in [3.8, 4) is 0 Å². The number of nitrogens with one attached hydrogen (secondary N) is 1. The molecule has 0 saturated heterocycles. The molecule has 1 aromatic carbocycles. The minimum absolute atomic E-state index is 0.771. The molecule has 1 aromatic rings. The fraction of sp³-hybridized carbons (Fsp3) is 0.571. The van der Waals surface area contributed by atoms with Crippen molar-refractivity contribution in [3.63, 3.8) is 0 Å². The van der Waals surface area contributed by atoms with Gasteiger partial charge in [0.15, 0.2) is 0 Å². The Morgan fingerprint density at radius 3 is 2.65 bits per heavy atom. The summed E-state index contributed by atoms with van der Waals surface area (Å²) in [5, 5.41) is 4.08. The smallest absolute Gasteiger partial charge is 0.0591 e. The molecule has 0 fully saturated rings. The van der Waals surface area contributed by atoms with E-state index < -0.39 is 0 Å². The molecule has 0 amide bonds. The highest BCUT2D eigenvalue weighted by Crippen LogP contribution is 2.20. The Balaban J connectivity index is 2.34. The predicted octanol–water partition coefficient (Wildman–Crippen LogP) is 3.13. The normalized spacial score (nSPS) is 10.8. The van der Waals surface area contributed by atoms with Crippen molar-refractivity contribution >= 4 is 11.6 Å². The van der Waals surface area contributed by atoms with E-state index in [1.807, 2.05) is 13.0 Å². The third-order valence-electron chi connectivity index (χ3n) is 2.81. The van der Waals surface area contributed by atoms with Crippen molar-refractivity contribution in [2.75, 3.05) is 26.3 Å². The lowest BCUT2D eigenvalue weighted by Gasteiger charge is -2.09. The Kier molecular flexibility index (Phi) is 6.56. The highest BCUT2D eigenvalue weighted by molar-refractivity contribution is 6.31. The van der Waals surface area contributed by atoms with Gasteiger partial charge >= 0.3 is 0 Å². The maximum Gasteiger partial charge on any atom is 0.0591 e. The van der Waals surface area contributed by atoms with Gasteiger partial charge in [0, 0.05) is 11.6 Å². The second kappa shape index (κ2) is 7.70. The van der Waals surface area contributed by atoms with Crippen LogP contribution in [0.25, 0.3) is 0 Å². The van der Waals surface area contributed by atoms with Gasteiger partial charge in [-0.2, -0.15) is 0 Å². The molecule has 1 rings (SSSR count). The summed E-state index contributed by atoms with van der Waals surface area (Å²) in [4.78, 5) is 0. The van der Waals surface area contributed by atoms with E-state index in [-0.39, 0.29) is 0 Å². The summed E-state index contributed by atoms with van der Waals surface area (Å²) in [5.74, 6) is 0. The molecular formula is C14H22ClNO. The summed E-state index contributed by atoms with van der Waals surface area (Å²) in [6.07, 6.45) is 0.954. The van der Waals surface area contributed by atoms with Crippen LogP contribution in [0.1, 0.15) is 23.6 Å². The van der Waals surface area contributed by atoms with E-state index in [0.29, 0.717) is 0 Å². The van der Waals surface area contributed by atoms with Crippen LogP contribution in [-0.4, -0.2) is 26.3 Å². The first-order valence-corrected chi connectivity index (χ1v) is 6.57. The zero-order valence-corrected chi connectivity index (χ0v) is 11.7. The molecule has 3 heteroatoms. The van der Waals surface area contributed by atoms with Crippen LogP contribution in [0.3, 0.4) is 0 Å². The molecule has 0 radical (unpaired) electrons. The Labute approximate surface area is 109 Å². The first-order valence-electron chi connectivity index (χ1n) is 6.19. The molecule has 17 heavy (non-hydrogen) atoms. The Morgan fingerprint density at radius 2 is 1.94 bits per heavy atom. The SMILES string of the molecule is CCNCCOCCc1cc(C)c(Cl)cc1C. The fourth-order valence-corrected chi connectivity index (χ4v) is 1.93. The van der Waals surface area contributed by atoms with Gasteiger partial charge in [0.2, 0.25) is 0 Å². The number of rotatable bonds is 7. The van der Waals surface area contributed by atoms with E-state index in [1.165, 1.54) is 11.1 Å². The number of likely N-dealkylation sites (N-methyl/N-ethyl adjacent to an activating group) is 1. The van der Waals surface area contributed by atoms with Crippen LogP contribution in [-0.2, 0) is 11.2 Å². The molecule has 0 aliphatic heterocycles. The van der Waals surface area contributed by atoms with E-state index in [1.54, 1.807) is 0 Å². The van der Waals surface area contributed by atoms with Crippen LogP contribution in [0, 0.1) is 13.8 Å². The Morgan fingerprint density at radius 1 is 1.18 bits per heavy atom. The van der Waals surface area contributed by atoms with Crippen LogP contribution in [0.5, 0.6) is 0 Å². The summed E-state index contributed by atoms with van der Waals surface area (Å²) in [7, 11) is 0. The highest BCUT2D eigenvalue weighted by Gasteiger charge is 2.02. The maximum absolute atomic E-state index is 6.06. The molecule has 0 aliphatic rings. The minimum Gasteiger partial charge on any atom is -0.380 e. The van der Waals surface area contributed by atoms with Crippen molar-refractivity contribution in [2.45, 2.75) is 27.2 Å². The van der Waals surface area contributed by atoms with Gasteiger partial charge in [-0.05, 0) is 49.6 Å². The monoisotopic (exact) mass is 255 g/mol. The molecule has 0 heterocycles. The standard InChI is InChI=1S/C14H22ClNO/c1-4-16-6-8-17-7-5-13-9-12(3)14(15)10-11(13)2/h9-10,16H,4-8H2,1-3H3. The van der Waals surface area contributed by atoms with Crippen molar-refractivity contribution in [1.29, 1.82) is 0 Å². The molecule has 0 unspecified atom stereocenters. The number of aryl methyl sites for hydroxylation is 2. The average Bonchev–Trinajstić information content (AvgIpc) is 2.30. The third kappa shape index (κ3) is 5.07. The van der Waals surface area contributed by atoms with Crippen LogP contribution >= 0.6 is 11.6 Å². The van der Waals surface area contributed by atoms with Gasteiger partial charge in [-0.1, -0.05) is 24.6 Å². The number of hydrogen-bond donors (Lipinski definition) is 1. The second-order valence-corrected chi connectivity index (χ2v) is 4.65. The molecule has 0 bridgehead atoms. The molecule has 1 N–H and O–H groups in total. The van der Waals surface area contributed by atoms with Gasteiger partial charge < -0.3 is 10.1 Å². The van der Waals surface area contributed by atoms with E-state index >= 15 is 0 Å². The predicted molar refractivity (Wildman–Crippen MR) is 74.0 cm³/mol. The summed E-state index contributed by atoms with van der Waals surface area (Å²) in [6.45, 7) is 9.71. The molecule has 0 aliphatic carbocycles. The lowest BCUT2D eigenvalue weighted by molar-refractivity contribution is 0.139. The zero-order valence-electron chi connectivity index (χ0n) is 11.0. The first-order chi connectivity index (χ1) is 8.15. The number of halogens is 1. The summed E-state index contributed by atoms with van der Waals surface area (Å²) < 4.78 is 5.57. The van der Waals surface area contributed by atoms with E-state index in [2.05, 4.69) is 25.2 Å². The molecule has 0 atom stereocenters. The zero-order chi connectivity index (χ0) is 12.7.